The average molecular weight is 276 g/mol. The summed E-state index contributed by atoms with van der Waals surface area (Å²) in [7, 11) is 0. The highest BCUT2D eigenvalue weighted by molar-refractivity contribution is 5.91. The van der Waals surface area contributed by atoms with Gasteiger partial charge in [-0.3, -0.25) is 0 Å². The van der Waals surface area contributed by atoms with Crippen LogP contribution in [0.5, 0.6) is 0 Å². The molecule has 0 aliphatic carbocycles. The first kappa shape index (κ1) is 17.5. The quantitative estimate of drug-likeness (QED) is 0.334. The predicted molar refractivity (Wildman–Crippen MR) is 67.5 cm³/mol. The van der Waals surface area contributed by atoms with E-state index in [-0.39, 0.29) is 18.1 Å². The Morgan fingerprint density at radius 2 is 1.79 bits per heavy atom. The van der Waals surface area contributed by atoms with Gasteiger partial charge in [0.05, 0.1) is 12.2 Å². The molecule has 0 aliphatic heterocycles. The fourth-order valence-corrected chi connectivity index (χ4v) is 0.953. The maximum Gasteiger partial charge on any atom is 0.410 e. The number of hydrogen-bond donors (Lipinski definition) is 0. The zero-order valence-electron chi connectivity index (χ0n) is 11.8. The van der Waals surface area contributed by atoms with Crippen LogP contribution in [-0.2, 0) is 9.53 Å². The fourth-order valence-electron chi connectivity index (χ4n) is 0.953. The van der Waals surface area contributed by atoms with Gasteiger partial charge in [-0.1, -0.05) is 20.8 Å². The molecule has 0 bridgehead atoms. The minimum absolute atomic E-state index is 0.0177. The highest BCUT2D eigenvalue weighted by Gasteiger charge is 2.26. The largest absolute Gasteiger partial charge is 0.462 e. The summed E-state index contributed by atoms with van der Waals surface area (Å²) in [6.07, 6.45) is -3.63. The van der Waals surface area contributed by atoms with Crippen LogP contribution in [0.25, 0.3) is 0 Å². The molecule has 0 unspecified atom stereocenters. The molecular formula is C14H19F3O2. The van der Waals surface area contributed by atoms with Crippen LogP contribution in [0.4, 0.5) is 13.2 Å². The molecular weight excluding hydrogens is 257 g/mol. The molecule has 0 atom stereocenters. The molecule has 0 N–H and O–H groups in total. The zero-order chi connectivity index (χ0) is 15.3. The van der Waals surface area contributed by atoms with Crippen LogP contribution in [0.3, 0.4) is 0 Å². The van der Waals surface area contributed by atoms with Gasteiger partial charge in [0, 0.05) is 6.08 Å². The van der Waals surface area contributed by atoms with Crippen LogP contribution < -0.4 is 0 Å². The van der Waals surface area contributed by atoms with Crippen molar-refractivity contribution in [1.29, 1.82) is 0 Å². The molecule has 0 aromatic carbocycles. The molecule has 5 heteroatoms. The summed E-state index contributed by atoms with van der Waals surface area (Å²) in [6.45, 7) is 9.00. The normalized spacial score (nSPS) is 12.7. The number of carbonyl (C=O) groups excluding carboxylic acids is 1. The van der Waals surface area contributed by atoms with Crippen LogP contribution in [0, 0.1) is 5.41 Å². The lowest BCUT2D eigenvalue weighted by molar-refractivity contribution is -0.138. The van der Waals surface area contributed by atoms with Crippen molar-refractivity contribution in [3.8, 4) is 0 Å². The van der Waals surface area contributed by atoms with Crippen LogP contribution in [0.2, 0.25) is 0 Å². The molecule has 0 heterocycles. The van der Waals surface area contributed by atoms with Crippen molar-refractivity contribution >= 4 is 5.97 Å². The van der Waals surface area contributed by atoms with E-state index >= 15 is 0 Å². The minimum atomic E-state index is -4.57. The molecule has 0 rings (SSSR count). The van der Waals surface area contributed by atoms with Gasteiger partial charge in [-0.05, 0) is 30.9 Å². The third kappa shape index (κ3) is 7.52. The predicted octanol–water partition coefficient (Wildman–Crippen LogP) is 4.19. The Morgan fingerprint density at radius 1 is 1.26 bits per heavy atom. The van der Waals surface area contributed by atoms with Crippen molar-refractivity contribution < 1.29 is 22.7 Å². The smallest absolute Gasteiger partial charge is 0.410 e. The molecule has 0 aromatic heterocycles. The average Bonchev–Trinajstić information content (AvgIpc) is 2.20. The molecule has 2 nitrogen and oxygen atoms in total. The fraction of sp³-hybridized carbons (Fsp3) is 0.571. The molecule has 0 radical (unpaired) electrons. The number of rotatable bonds is 3. The number of hydrogen-bond acceptors (Lipinski definition) is 2. The summed E-state index contributed by atoms with van der Waals surface area (Å²) in [5.74, 6) is -1.01. The molecule has 19 heavy (non-hydrogen) atoms. The monoisotopic (exact) mass is 276 g/mol. The van der Waals surface area contributed by atoms with Gasteiger partial charge in [-0.2, -0.15) is 13.2 Å². The first-order valence-electron chi connectivity index (χ1n) is 5.88. The van der Waals surface area contributed by atoms with E-state index in [0.717, 1.165) is 11.6 Å². The van der Waals surface area contributed by atoms with Crippen LogP contribution >= 0.6 is 0 Å². The van der Waals surface area contributed by atoms with Gasteiger partial charge >= 0.3 is 12.1 Å². The van der Waals surface area contributed by atoms with E-state index in [0.29, 0.717) is 0 Å². The van der Waals surface area contributed by atoms with E-state index in [1.54, 1.807) is 6.92 Å². The maximum atomic E-state index is 12.3. The summed E-state index contributed by atoms with van der Waals surface area (Å²) >= 11 is 0. The van der Waals surface area contributed by atoms with Crippen molar-refractivity contribution in [3.05, 3.63) is 29.0 Å². The van der Waals surface area contributed by atoms with Crippen molar-refractivity contribution in [2.75, 3.05) is 6.61 Å². The van der Waals surface area contributed by atoms with E-state index < -0.39 is 17.7 Å². The van der Waals surface area contributed by atoms with Gasteiger partial charge in [-0.15, -0.1) is 5.73 Å². The van der Waals surface area contributed by atoms with E-state index in [2.05, 4.69) is 10.5 Å². The van der Waals surface area contributed by atoms with E-state index in [1.165, 1.54) is 6.92 Å². The highest BCUT2D eigenvalue weighted by Crippen LogP contribution is 2.24. The van der Waals surface area contributed by atoms with E-state index in [4.69, 9.17) is 0 Å². The number of allylic oxidation sites excluding steroid dienone is 1. The van der Waals surface area contributed by atoms with Gasteiger partial charge < -0.3 is 4.74 Å². The van der Waals surface area contributed by atoms with Crippen molar-refractivity contribution in [2.45, 2.75) is 40.8 Å². The summed E-state index contributed by atoms with van der Waals surface area (Å²) < 4.78 is 41.6. The lowest BCUT2D eigenvalue weighted by Gasteiger charge is -2.16. The van der Waals surface area contributed by atoms with Gasteiger partial charge in [0.25, 0.3) is 0 Å². The Balaban J connectivity index is 5.49. The third-order valence-corrected chi connectivity index (χ3v) is 2.40. The van der Waals surface area contributed by atoms with Gasteiger partial charge in [0.1, 0.15) is 0 Å². The van der Waals surface area contributed by atoms with Crippen molar-refractivity contribution in [1.82, 2.24) is 0 Å². The maximum absolute atomic E-state index is 12.3. The van der Waals surface area contributed by atoms with Gasteiger partial charge in [-0.25, -0.2) is 4.79 Å². The number of carbonyl (C=O) groups is 1. The molecule has 0 aromatic rings. The summed E-state index contributed by atoms with van der Waals surface area (Å²) in [4.78, 5) is 11.4. The number of halogens is 3. The zero-order valence-corrected chi connectivity index (χ0v) is 11.8. The third-order valence-electron chi connectivity index (χ3n) is 2.40. The summed E-state index contributed by atoms with van der Waals surface area (Å²) in [6, 6.07) is 0. The Labute approximate surface area is 111 Å². The van der Waals surface area contributed by atoms with E-state index in [9.17, 15) is 18.0 Å². The second-order valence-corrected chi connectivity index (χ2v) is 5.03. The highest BCUT2D eigenvalue weighted by atomic mass is 19.4. The van der Waals surface area contributed by atoms with Crippen molar-refractivity contribution in [2.24, 2.45) is 5.41 Å². The topological polar surface area (TPSA) is 26.3 Å². The standard InChI is InChI=1S/C14H19F3O2/c1-6-19-12(18)11(9-14(15,16)17)8-7-10(2)13(3,4)5/h8-9H,6H2,1-5H3/b11-9+. The number of ether oxygens (including phenoxy) is 1. The lowest BCUT2D eigenvalue weighted by Crippen LogP contribution is -2.11. The van der Waals surface area contributed by atoms with Crippen molar-refractivity contribution in [3.63, 3.8) is 0 Å². The summed E-state index contributed by atoms with van der Waals surface area (Å²) in [5, 5.41) is 0. The SMILES string of the molecule is CCOC(=O)/C(C=C=C(C)C(C)(C)C)=C/C(F)(F)F. The van der Waals surface area contributed by atoms with Crippen LogP contribution in [-0.4, -0.2) is 18.8 Å². The molecule has 0 fully saturated rings. The second kappa shape index (κ2) is 6.62. The Hall–Kier alpha value is -1.48. The van der Waals surface area contributed by atoms with Crippen LogP contribution in [0.15, 0.2) is 29.0 Å². The molecule has 0 aliphatic rings. The Bertz CT molecular complexity index is 417. The lowest BCUT2D eigenvalue weighted by atomic mass is 9.88. The Kier molecular flexibility index (Phi) is 6.10. The van der Waals surface area contributed by atoms with E-state index in [1.807, 2.05) is 20.8 Å². The first-order valence-corrected chi connectivity index (χ1v) is 5.88. The molecule has 0 amide bonds. The minimum Gasteiger partial charge on any atom is -0.462 e. The Morgan fingerprint density at radius 3 is 2.16 bits per heavy atom. The number of esters is 1. The number of alkyl halides is 3. The van der Waals surface area contributed by atoms with Gasteiger partial charge in [0.2, 0.25) is 0 Å². The molecule has 0 saturated heterocycles. The van der Waals surface area contributed by atoms with Crippen LogP contribution in [0.1, 0.15) is 34.6 Å². The van der Waals surface area contributed by atoms with Gasteiger partial charge in [0.15, 0.2) is 0 Å². The molecule has 0 saturated carbocycles. The summed E-state index contributed by atoms with van der Waals surface area (Å²) in [5.41, 5.74) is 2.66. The second-order valence-electron chi connectivity index (χ2n) is 5.03. The first-order chi connectivity index (χ1) is 8.47. The molecule has 0 spiro atoms. The molecule has 108 valence electrons.